The molecule has 1 atom stereocenters. The van der Waals surface area contributed by atoms with E-state index in [2.05, 4.69) is 4.74 Å². The Morgan fingerprint density at radius 3 is 2.31 bits per heavy atom. The molecule has 1 unspecified atom stereocenters. The van der Waals surface area contributed by atoms with Gasteiger partial charge in [-0.25, -0.2) is 0 Å². The van der Waals surface area contributed by atoms with Crippen LogP contribution in [0.3, 0.4) is 0 Å². The number of ether oxygens (including phenoxy) is 1. The second-order valence-electron chi connectivity index (χ2n) is 3.93. The molecule has 0 radical (unpaired) electrons. The first-order valence-electron chi connectivity index (χ1n) is 5.09. The van der Waals surface area contributed by atoms with E-state index in [0.717, 1.165) is 6.92 Å². The van der Waals surface area contributed by atoms with Gasteiger partial charge in [-0.05, 0) is 19.8 Å². The van der Waals surface area contributed by atoms with Gasteiger partial charge < -0.3 is 4.74 Å². The Bertz CT molecular complexity index is 276. The number of Topliss-reactive ketones (excluding diaryl/α,β-unsaturated/α-hetero) is 1. The molecule has 0 spiro atoms. The fourth-order valence-electron chi connectivity index (χ4n) is 1.51. The van der Waals surface area contributed by atoms with E-state index >= 15 is 0 Å². The SMILES string of the molecule is CC(OC(=O)C1CCC(=O)CC1)C(F)(F)F. The molecule has 6 heteroatoms. The van der Waals surface area contributed by atoms with Crippen LogP contribution in [0.25, 0.3) is 0 Å². The highest BCUT2D eigenvalue weighted by Gasteiger charge is 2.40. The van der Waals surface area contributed by atoms with Crippen molar-refractivity contribution in [2.24, 2.45) is 5.92 Å². The minimum Gasteiger partial charge on any atom is -0.453 e. The zero-order valence-electron chi connectivity index (χ0n) is 8.84. The normalized spacial score (nSPS) is 20.6. The summed E-state index contributed by atoms with van der Waals surface area (Å²) in [6, 6.07) is 0. The third-order valence-corrected chi connectivity index (χ3v) is 2.63. The van der Waals surface area contributed by atoms with E-state index < -0.39 is 24.2 Å². The third-order valence-electron chi connectivity index (χ3n) is 2.63. The summed E-state index contributed by atoms with van der Waals surface area (Å²) in [5.41, 5.74) is 0. The Morgan fingerprint density at radius 2 is 1.88 bits per heavy atom. The zero-order chi connectivity index (χ0) is 12.3. The molecule has 3 nitrogen and oxygen atoms in total. The first-order valence-corrected chi connectivity index (χ1v) is 5.09. The maximum absolute atomic E-state index is 12.1. The van der Waals surface area contributed by atoms with Crippen molar-refractivity contribution < 1.29 is 27.5 Å². The molecule has 1 fully saturated rings. The standard InChI is InChI=1S/C10H13F3O3/c1-6(10(11,12)13)16-9(15)7-2-4-8(14)5-3-7/h6-7H,2-5H2,1H3. The van der Waals surface area contributed by atoms with Crippen LogP contribution in [0.2, 0.25) is 0 Å². The summed E-state index contributed by atoms with van der Waals surface area (Å²) in [4.78, 5) is 22.2. The predicted molar refractivity (Wildman–Crippen MR) is 48.6 cm³/mol. The van der Waals surface area contributed by atoms with Crippen molar-refractivity contribution >= 4 is 11.8 Å². The maximum atomic E-state index is 12.1. The van der Waals surface area contributed by atoms with Gasteiger partial charge in [0.05, 0.1) is 5.92 Å². The molecule has 0 aromatic heterocycles. The van der Waals surface area contributed by atoms with Gasteiger partial charge in [0.25, 0.3) is 0 Å². The fourth-order valence-corrected chi connectivity index (χ4v) is 1.51. The predicted octanol–water partition coefficient (Wildman–Crippen LogP) is 2.24. The van der Waals surface area contributed by atoms with Crippen molar-refractivity contribution in [2.45, 2.75) is 44.9 Å². The van der Waals surface area contributed by atoms with E-state index in [1.165, 1.54) is 0 Å². The first kappa shape index (κ1) is 13.0. The Morgan fingerprint density at radius 1 is 1.38 bits per heavy atom. The molecule has 0 bridgehead atoms. The van der Waals surface area contributed by atoms with Gasteiger partial charge in [-0.15, -0.1) is 0 Å². The maximum Gasteiger partial charge on any atom is 0.425 e. The highest BCUT2D eigenvalue weighted by molar-refractivity contribution is 5.82. The van der Waals surface area contributed by atoms with Gasteiger partial charge in [-0.2, -0.15) is 13.2 Å². The largest absolute Gasteiger partial charge is 0.453 e. The van der Waals surface area contributed by atoms with E-state index in [1.54, 1.807) is 0 Å². The zero-order valence-corrected chi connectivity index (χ0v) is 8.84. The second-order valence-corrected chi connectivity index (χ2v) is 3.93. The average Bonchev–Trinajstić information content (AvgIpc) is 2.17. The van der Waals surface area contributed by atoms with E-state index in [1.807, 2.05) is 0 Å². The molecular weight excluding hydrogens is 225 g/mol. The molecule has 16 heavy (non-hydrogen) atoms. The quantitative estimate of drug-likeness (QED) is 0.693. The van der Waals surface area contributed by atoms with Crippen molar-refractivity contribution in [2.75, 3.05) is 0 Å². The molecule has 1 aliphatic carbocycles. The molecule has 0 N–H and O–H groups in total. The smallest absolute Gasteiger partial charge is 0.425 e. The molecule has 0 aromatic rings. The van der Waals surface area contributed by atoms with Crippen LogP contribution < -0.4 is 0 Å². The molecule has 0 amide bonds. The van der Waals surface area contributed by atoms with Gasteiger partial charge in [-0.3, -0.25) is 9.59 Å². The van der Waals surface area contributed by atoms with E-state index in [4.69, 9.17) is 0 Å². The Hall–Kier alpha value is -1.07. The number of rotatable bonds is 2. The molecule has 0 saturated heterocycles. The van der Waals surface area contributed by atoms with Gasteiger partial charge in [0, 0.05) is 12.8 Å². The molecule has 0 aliphatic heterocycles. The van der Waals surface area contributed by atoms with Crippen LogP contribution in [0.15, 0.2) is 0 Å². The minimum absolute atomic E-state index is 0.0490. The number of ketones is 1. The molecule has 1 saturated carbocycles. The van der Waals surface area contributed by atoms with Gasteiger partial charge in [0.1, 0.15) is 5.78 Å². The molecule has 1 aliphatic rings. The van der Waals surface area contributed by atoms with Crippen LogP contribution >= 0.6 is 0 Å². The molecule has 0 heterocycles. The molecule has 1 rings (SSSR count). The summed E-state index contributed by atoms with van der Waals surface area (Å²) in [5, 5.41) is 0. The van der Waals surface area contributed by atoms with Crippen LogP contribution in [0.5, 0.6) is 0 Å². The summed E-state index contributed by atoms with van der Waals surface area (Å²) >= 11 is 0. The summed E-state index contributed by atoms with van der Waals surface area (Å²) in [6.07, 6.45) is -5.53. The van der Waals surface area contributed by atoms with Crippen LogP contribution in [-0.4, -0.2) is 24.0 Å². The third kappa shape index (κ3) is 3.50. The number of carbonyl (C=O) groups excluding carboxylic acids is 2. The van der Waals surface area contributed by atoms with Crippen LogP contribution in [0.1, 0.15) is 32.6 Å². The van der Waals surface area contributed by atoms with E-state index in [9.17, 15) is 22.8 Å². The number of carbonyl (C=O) groups is 2. The van der Waals surface area contributed by atoms with E-state index in [-0.39, 0.29) is 18.6 Å². The number of halogens is 3. The number of alkyl halides is 3. The summed E-state index contributed by atoms with van der Waals surface area (Å²) in [5.74, 6) is -1.37. The van der Waals surface area contributed by atoms with Gasteiger partial charge in [0.15, 0.2) is 6.10 Å². The van der Waals surface area contributed by atoms with Crippen molar-refractivity contribution in [1.29, 1.82) is 0 Å². The lowest BCUT2D eigenvalue weighted by atomic mass is 9.88. The average molecular weight is 238 g/mol. The van der Waals surface area contributed by atoms with E-state index in [0.29, 0.717) is 12.8 Å². The highest BCUT2D eigenvalue weighted by atomic mass is 19.4. The van der Waals surface area contributed by atoms with Crippen LogP contribution in [0.4, 0.5) is 13.2 Å². The lowest BCUT2D eigenvalue weighted by Crippen LogP contribution is -2.34. The lowest BCUT2D eigenvalue weighted by molar-refractivity contribution is -0.218. The second kappa shape index (κ2) is 4.84. The monoisotopic (exact) mass is 238 g/mol. The number of hydrogen-bond acceptors (Lipinski definition) is 3. The van der Waals surface area contributed by atoms with Crippen molar-refractivity contribution in [3.63, 3.8) is 0 Å². The molecule has 92 valence electrons. The van der Waals surface area contributed by atoms with Crippen molar-refractivity contribution in [3.8, 4) is 0 Å². The Kier molecular flexibility index (Phi) is 3.93. The number of hydrogen-bond donors (Lipinski definition) is 0. The highest BCUT2D eigenvalue weighted by Crippen LogP contribution is 2.27. The minimum atomic E-state index is -4.53. The summed E-state index contributed by atoms with van der Waals surface area (Å²) in [6.45, 7) is 0.797. The summed E-state index contributed by atoms with van der Waals surface area (Å²) in [7, 11) is 0. The van der Waals surface area contributed by atoms with Crippen molar-refractivity contribution in [1.82, 2.24) is 0 Å². The fraction of sp³-hybridized carbons (Fsp3) is 0.800. The van der Waals surface area contributed by atoms with Crippen LogP contribution in [-0.2, 0) is 14.3 Å². The number of esters is 1. The molecule has 0 aromatic carbocycles. The molecular formula is C10H13F3O3. The van der Waals surface area contributed by atoms with Crippen molar-refractivity contribution in [3.05, 3.63) is 0 Å². The van der Waals surface area contributed by atoms with Gasteiger partial charge in [0.2, 0.25) is 0 Å². The topological polar surface area (TPSA) is 43.4 Å². The Balaban J connectivity index is 2.44. The Labute approximate surface area is 91.0 Å². The van der Waals surface area contributed by atoms with Gasteiger partial charge >= 0.3 is 12.1 Å². The first-order chi connectivity index (χ1) is 7.30. The van der Waals surface area contributed by atoms with Gasteiger partial charge in [-0.1, -0.05) is 0 Å². The van der Waals surface area contributed by atoms with Crippen LogP contribution in [0, 0.1) is 5.92 Å². The lowest BCUT2D eigenvalue weighted by Gasteiger charge is -2.22. The summed E-state index contributed by atoms with van der Waals surface area (Å²) < 4.78 is 40.6.